The van der Waals surface area contributed by atoms with Crippen LogP contribution in [0.25, 0.3) is 6.08 Å². The van der Waals surface area contributed by atoms with E-state index >= 15 is 0 Å². The van der Waals surface area contributed by atoms with Crippen molar-refractivity contribution in [3.63, 3.8) is 0 Å². The number of carboxylic acid groups (broad SMARTS) is 1. The van der Waals surface area contributed by atoms with Crippen LogP contribution in [0, 0.1) is 11.8 Å². The summed E-state index contributed by atoms with van der Waals surface area (Å²) >= 11 is 0. The molecule has 2 N–H and O–H groups in total. The van der Waals surface area contributed by atoms with Crippen LogP contribution in [0.4, 0.5) is 0 Å². The fourth-order valence-corrected chi connectivity index (χ4v) is 1.86. The van der Waals surface area contributed by atoms with Crippen molar-refractivity contribution in [1.82, 2.24) is 5.32 Å². The number of amides is 1. The third kappa shape index (κ3) is 6.18. The molecule has 0 aliphatic rings. The molecule has 0 radical (unpaired) electrons. The molecule has 0 fully saturated rings. The van der Waals surface area contributed by atoms with Crippen molar-refractivity contribution in [3.8, 4) is 0 Å². The van der Waals surface area contributed by atoms with Crippen molar-refractivity contribution in [2.75, 3.05) is 6.54 Å². The molecule has 0 aliphatic carbocycles. The van der Waals surface area contributed by atoms with Crippen LogP contribution in [0.15, 0.2) is 36.4 Å². The molecule has 1 atom stereocenters. The second-order valence-corrected chi connectivity index (χ2v) is 5.15. The lowest BCUT2D eigenvalue weighted by Crippen LogP contribution is -2.32. The largest absolute Gasteiger partial charge is 0.481 e. The van der Waals surface area contributed by atoms with Crippen LogP contribution in [0.5, 0.6) is 0 Å². The highest BCUT2D eigenvalue weighted by atomic mass is 16.4. The fourth-order valence-electron chi connectivity index (χ4n) is 1.86. The van der Waals surface area contributed by atoms with E-state index < -0.39 is 11.9 Å². The first kappa shape index (κ1) is 16.0. The molecule has 0 saturated heterocycles. The maximum absolute atomic E-state index is 11.6. The van der Waals surface area contributed by atoms with E-state index in [0.717, 1.165) is 5.56 Å². The Bertz CT molecular complexity index is 466. The van der Waals surface area contributed by atoms with Gasteiger partial charge in [-0.2, -0.15) is 0 Å². The van der Waals surface area contributed by atoms with Crippen molar-refractivity contribution in [2.24, 2.45) is 11.8 Å². The van der Waals surface area contributed by atoms with Crippen LogP contribution in [-0.4, -0.2) is 23.5 Å². The fraction of sp³-hybridized carbons (Fsp3) is 0.375. The highest BCUT2D eigenvalue weighted by Crippen LogP contribution is 2.11. The van der Waals surface area contributed by atoms with E-state index in [1.54, 1.807) is 6.08 Å². The summed E-state index contributed by atoms with van der Waals surface area (Å²) < 4.78 is 0. The number of carbonyl (C=O) groups excluding carboxylic acids is 1. The molecule has 0 aliphatic heterocycles. The van der Waals surface area contributed by atoms with Gasteiger partial charge in [-0.15, -0.1) is 0 Å². The van der Waals surface area contributed by atoms with Crippen molar-refractivity contribution in [3.05, 3.63) is 42.0 Å². The second-order valence-electron chi connectivity index (χ2n) is 5.15. The van der Waals surface area contributed by atoms with E-state index in [2.05, 4.69) is 5.32 Å². The number of carboxylic acids is 1. The Morgan fingerprint density at radius 2 is 1.90 bits per heavy atom. The lowest BCUT2D eigenvalue weighted by atomic mass is 9.97. The van der Waals surface area contributed by atoms with Crippen molar-refractivity contribution >= 4 is 18.0 Å². The SMILES string of the molecule is CC(C)CC(CNC(=O)/C=C/c1ccccc1)C(=O)O. The smallest absolute Gasteiger partial charge is 0.308 e. The zero-order valence-corrected chi connectivity index (χ0v) is 11.9. The standard InChI is InChI=1S/C16H21NO3/c1-12(2)10-14(16(19)20)11-17-15(18)9-8-13-6-4-3-5-7-13/h3-9,12,14H,10-11H2,1-2H3,(H,17,18)(H,19,20)/b9-8+. The summed E-state index contributed by atoms with van der Waals surface area (Å²) in [6.45, 7) is 4.09. The summed E-state index contributed by atoms with van der Waals surface area (Å²) in [6, 6.07) is 9.47. The molecule has 0 aromatic heterocycles. The van der Waals surface area contributed by atoms with Crippen LogP contribution in [0.3, 0.4) is 0 Å². The van der Waals surface area contributed by atoms with Crippen molar-refractivity contribution in [1.29, 1.82) is 0 Å². The van der Waals surface area contributed by atoms with Crippen LogP contribution < -0.4 is 5.32 Å². The van der Waals surface area contributed by atoms with Gasteiger partial charge in [0.15, 0.2) is 0 Å². The molecule has 0 bridgehead atoms. The molecular formula is C16H21NO3. The minimum Gasteiger partial charge on any atom is -0.481 e. The topological polar surface area (TPSA) is 66.4 Å². The van der Waals surface area contributed by atoms with E-state index in [1.807, 2.05) is 44.2 Å². The molecule has 1 aromatic carbocycles. The zero-order chi connectivity index (χ0) is 15.0. The van der Waals surface area contributed by atoms with Gasteiger partial charge < -0.3 is 10.4 Å². The van der Waals surface area contributed by atoms with Crippen LogP contribution in [-0.2, 0) is 9.59 Å². The van der Waals surface area contributed by atoms with E-state index in [9.17, 15) is 9.59 Å². The van der Waals surface area contributed by atoms with E-state index in [4.69, 9.17) is 5.11 Å². The van der Waals surface area contributed by atoms with Crippen LogP contribution in [0.1, 0.15) is 25.8 Å². The average Bonchev–Trinajstić information content (AvgIpc) is 2.41. The quantitative estimate of drug-likeness (QED) is 0.752. The van der Waals surface area contributed by atoms with E-state index in [-0.39, 0.29) is 18.4 Å². The Morgan fingerprint density at radius 3 is 2.45 bits per heavy atom. The molecule has 1 unspecified atom stereocenters. The Kier molecular flexibility index (Phi) is 6.50. The predicted molar refractivity (Wildman–Crippen MR) is 79.1 cm³/mol. The highest BCUT2D eigenvalue weighted by Gasteiger charge is 2.18. The number of hydrogen-bond acceptors (Lipinski definition) is 2. The molecule has 4 nitrogen and oxygen atoms in total. The Hall–Kier alpha value is -2.10. The zero-order valence-electron chi connectivity index (χ0n) is 11.9. The Balaban J connectivity index is 2.45. The molecule has 4 heteroatoms. The molecule has 0 spiro atoms. The summed E-state index contributed by atoms with van der Waals surface area (Å²) in [5.74, 6) is -1.40. The van der Waals surface area contributed by atoms with Crippen LogP contribution in [0.2, 0.25) is 0 Å². The highest BCUT2D eigenvalue weighted by molar-refractivity contribution is 5.91. The number of carbonyl (C=O) groups is 2. The Morgan fingerprint density at radius 1 is 1.25 bits per heavy atom. The number of aliphatic carboxylic acids is 1. The number of hydrogen-bond donors (Lipinski definition) is 2. The van der Waals surface area contributed by atoms with Gasteiger partial charge in [0.2, 0.25) is 5.91 Å². The predicted octanol–water partition coefficient (Wildman–Crippen LogP) is 2.56. The first-order valence-electron chi connectivity index (χ1n) is 6.72. The molecule has 1 rings (SSSR count). The van der Waals surface area contributed by atoms with Crippen molar-refractivity contribution in [2.45, 2.75) is 20.3 Å². The summed E-state index contributed by atoms with van der Waals surface area (Å²) in [4.78, 5) is 22.7. The monoisotopic (exact) mass is 275 g/mol. The number of benzene rings is 1. The maximum atomic E-state index is 11.6. The van der Waals surface area contributed by atoms with E-state index in [1.165, 1.54) is 6.08 Å². The maximum Gasteiger partial charge on any atom is 0.308 e. The first-order valence-corrected chi connectivity index (χ1v) is 6.72. The van der Waals surface area contributed by atoms with Gasteiger partial charge in [-0.25, -0.2) is 0 Å². The number of rotatable bonds is 7. The van der Waals surface area contributed by atoms with Gasteiger partial charge >= 0.3 is 5.97 Å². The average molecular weight is 275 g/mol. The first-order chi connectivity index (χ1) is 9.49. The summed E-state index contributed by atoms with van der Waals surface area (Å²) in [5, 5.41) is 11.7. The third-order valence-corrected chi connectivity index (χ3v) is 2.85. The molecule has 0 saturated carbocycles. The van der Waals surface area contributed by atoms with E-state index in [0.29, 0.717) is 6.42 Å². The lowest BCUT2D eigenvalue weighted by molar-refractivity contribution is -0.142. The van der Waals surface area contributed by atoms with Gasteiger partial charge in [-0.1, -0.05) is 44.2 Å². The van der Waals surface area contributed by atoms with Gasteiger partial charge in [0.1, 0.15) is 0 Å². The lowest BCUT2D eigenvalue weighted by Gasteiger charge is -2.14. The third-order valence-electron chi connectivity index (χ3n) is 2.85. The molecule has 108 valence electrons. The molecule has 0 heterocycles. The van der Waals surface area contributed by atoms with Gasteiger partial charge in [-0.3, -0.25) is 9.59 Å². The summed E-state index contributed by atoms with van der Waals surface area (Å²) in [5.41, 5.74) is 0.930. The second kappa shape index (κ2) is 8.15. The van der Waals surface area contributed by atoms with Gasteiger partial charge in [0.05, 0.1) is 5.92 Å². The molecular weight excluding hydrogens is 254 g/mol. The van der Waals surface area contributed by atoms with Gasteiger partial charge in [-0.05, 0) is 24.0 Å². The molecule has 20 heavy (non-hydrogen) atoms. The van der Waals surface area contributed by atoms with Crippen molar-refractivity contribution < 1.29 is 14.7 Å². The normalized spacial score (nSPS) is 12.6. The van der Waals surface area contributed by atoms with Crippen LogP contribution >= 0.6 is 0 Å². The molecule has 1 aromatic rings. The molecule has 1 amide bonds. The van der Waals surface area contributed by atoms with Gasteiger partial charge in [0, 0.05) is 12.6 Å². The summed E-state index contributed by atoms with van der Waals surface area (Å²) in [6.07, 6.45) is 3.68. The number of nitrogens with one attached hydrogen (secondary N) is 1. The summed E-state index contributed by atoms with van der Waals surface area (Å²) in [7, 11) is 0. The van der Waals surface area contributed by atoms with Gasteiger partial charge in [0.25, 0.3) is 0 Å². The minimum absolute atomic E-state index is 0.158. The Labute approximate surface area is 119 Å². The minimum atomic E-state index is -0.869.